The molecule has 2 nitrogen and oxygen atoms in total. The molecule has 0 aliphatic rings. The van der Waals surface area contributed by atoms with E-state index in [2.05, 4.69) is 11.7 Å². The molecule has 0 spiro atoms. The first-order chi connectivity index (χ1) is 11.5. The smallest absolute Gasteiger partial charge is 0.311 e. The first-order valence-corrected chi connectivity index (χ1v) is 10.0. The van der Waals surface area contributed by atoms with E-state index in [0.29, 0.717) is 6.42 Å². The molecule has 0 aliphatic heterocycles. The fourth-order valence-corrected chi connectivity index (χ4v) is 2.91. The van der Waals surface area contributed by atoms with Gasteiger partial charge in [-0.15, -0.1) is 0 Å². The lowest BCUT2D eigenvalue weighted by Gasteiger charge is -2.15. The molecule has 0 atom stereocenters. The van der Waals surface area contributed by atoms with Crippen molar-refractivity contribution in [3.05, 3.63) is 0 Å². The number of alkyl halides is 2. The molecule has 0 heterocycles. The maximum absolute atomic E-state index is 13.5. The molecule has 0 saturated heterocycles. The zero-order valence-electron chi connectivity index (χ0n) is 15.9. The number of rotatable bonds is 17. The number of ether oxygens (including phenoxy) is 1. The highest BCUT2D eigenvalue weighted by Crippen LogP contribution is 2.26. The minimum atomic E-state index is -2.91. The van der Waals surface area contributed by atoms with Gasteiger partial charge in [-0.2, -0.15) is 0 Å². The minimum Gasteiger partial charge on any atom is -0.466 e. The summed E-state index contributed by atoms with van der Waals surface area (Å²) in [5.74, 6) is -3.71. The van der Waals surface area contributed by atoms with Crippen LogP contribution in [0.4, 0.5) is 8.78 Å². The van der Waals surface area contributed by atoms with Crippen molar-refractivity contribution >= 4 is 5.97 Å². The first-order valence-electron chi connectivity index (χ1n) is 10.0. The van der Waals surface area contributed by atoms with Gasteiger partial charge in [0.25, 0.3) is 5.92 Å². The molecule has 0 aromatic heterocycles. The third-order valence-electron chi connectivity index (χ3n) is 4.35. The molecule has 0 aliphatic carbocycles. The molecule has 0 bridgehead atoms. The van der Waals surface area contributed by atoms with Crippen LogP contribution in [-0.2, 0) is 9.53 Å². The van der Waals surface area contributed by atoms with Gasteiger partial charge >= 0.3 is 5.97 Å². The average Bonchev–Trinajstić information content (AvgIpc) is 2.51. The van der Waals surface area contributed by atoms with Crippen LogP contribution in [0.3, 0.4) is 0 Å². The monoisotopic (exact) mass is 348 g/mol. The Morgan fingerprint density at radius 3 is 1.58 bits per heavy atom. The number of unbranched alkanes of at least 4 members (excludes halogenated alkanes) is 12. The van der Waals surface area contributed by atoms with E-state index in [-0.39, 0.29) is 13.0 Å². The fourth-order valence-electron chi connectivity index (χ4n) is 2.91. The SMILES string of the molecule is CCCCCCCCCCCCCCCC(F)(F)CC(=O)OCC. The Hall–Kier alpha value is -0.670. The Bertz CT molecular complexity index is 293. The Labute approximate surface area is 147 Å². The molecular formula is C20H38F2O2. The Balaban J connectivity index is 3.34. The number of hydrogen-bond acceptors (Lipinski definition) is 2. The van der Waals surface area contributed by atoms with Crippen molar-refractivity contribution in [3.8, 4) is 0 Å². The van der Waals surface area contributed by atoms with E-state index in [1.807, 2.05) is 0 Å². The van der Waals surface area contributed by atoms with Gasteiger partial charge in [-0.25, -0.2) is 8.78 Å². The topological polar surface area (TPSA) is 26.3 Å². The first kappa shape index (κ1) is 23.3. The second kappa shape index (κ2) is 15.8. The van der Waals surface area contributed by atoms with Crippen molar-refractivity contribution in [3.63, 3.8) is 0 Å². The summed E-state index contributed by atoms with van der Waals surface area (Å²) in [6.45, 7) is 4.03. The predicted octanol–water partition coefficient (Wildman–Crippen LogP) is 7.06. The standard InChI is InChI=1S/C20H38F2O2/c1-3-5-6-7-8-9-10-11-12-13-14-15-16-17-20(21,22)18-19(23)24-4-2/h3-18H2,1-2H3. The number of carbonyl (C=O) groups is 1. The molecule has 24 heavy (non-hydrogen) atoms. The molecule has 0 radical (unpaired) electrons. The van der Waals surface area contributed by atoms with E-state index >= 15 is 0 Å². The van der Waals surface area contributed by atoms with Crippen molar-refractivity contribution in [1.29, 1.82) is 0 Å². The third-order valence-corrected chi connectivity index (χ3v) is 4.35. The van der Waals surface area contributed by atoms with Crippen LogP contribution in [0.5, 0.6) is 0 Å². The van der Waals surface area contributed by atoms with Gasteiger partial charge in [0.15, 0.2) is 0 Å². The zero-order valence-corrected chi connectivity index (χ0v) is 15.9. The van der Waals surface area contributed by atoms with Gasteiger partial charge in [-0.1, -0.05) is 84.0 Å². The third kappa shape index (κ3) is 16.2. The molecule has 4 heteroatoms. The largest absolute Gasteiger partial charge is 0.466 e. The minimum absolute atomic E-state index is 0.160. The number of carbonyl (C=O) groups excluding carboxylic acids is 1. The molecule has 144 valence electrons. The van der Waals surface area contributed by atoms with Crippen molar-refractivity contribution < 1.29 is 18.3 Å². The Morgan fingerprint density at radius 1 is 0.750 bits per heavy atom. The van der Waals surface area contributed by atoms with Crippen LogP contribution in [0.25, 0.3) is 0 Å². The summed E-state index contributed by atoms with van der Waals surface area (Å²) in [5, 5.41) is 0. The second-order valence-electron chi connectivity index (χ2n) is 6.83. The van der Waals surface area contributed by atoms with Crippen molar-refractivity contribution in [2.75, 3.05) is 6.61 Å². The van der Waals surface area contributed by atoms with Crippen LogP contribution >= 0.6 is 0 Å². The number of halogens is 2. The van der Waals surface area contributed by atoms with E-state index in [0.717, 1.165) is 19.3 Å². The van der Waals surface area contributed by atoms with Gasteiger partial charge in [0, 0.05) is 6.42 Å². The van der Waals surface area contributed by atoms with Crippen LogP contribution in [0.1, 0.15) is 110 Å². The number of hydrogen-bond donors (Lipinski definition) is 0. The molecule has 0 saturated carbocycles. The van der Waals surface area contributed by atoms with E-state index in [4.69, 9.17) is 0 Å². The van der Waals surface area contributed by atoms with E-state index in [1.165, 1.54) is 57.8 Å². The quantitative estimate of drug-likeness (QED) is 0.208. The summed E-state index contributed by atoms with van der Waals surface area (Å²) in [6.07, 6.45) is 14.4. The van der Waals surface area contributed by atoms with Crippen molar-refractivity contribution in [1.82, 2.24) is 0 Å². The maximum atomic E-state index is 13.5. The van der Waals surface area contributed by atoms with Gasteiger partial charge in [0.1, 0.15) is 6.42 Å². The molecule has 0 amide bonds. The second-order valence-corrected chi connectivity index (χ2v) is 6.83. The highest BCUT2D eigenvalue weighted by molar-refractivity contribution is 5.70. The normalized spacial score (nSPS) is 11.7. The van der Waals surface area contributed by atoms with Crippen LogP contribution in [-0.4, -0.2) is 18.5 Å². The molecule has 0 N–H and O–H groups in total. The molecule has 0 rings (SSSR count). The molecule has 0 fully saturated rings. The average molecular weight is 349 g/mol. The molecular weight excluding hydrogens is 310 g/mol. The fraction of sp³-hybridized carbons (Fsp3) is 0.950. The van der Waals surface area contributed by atoms with Crippen molar-refractivity contribution in [2.24, 2.45) is 0 Å². The Morgan fingerprint density at radius 2 is 1.17 bits per heavy atom. The summed E-state index contributed by atoms with van der Waals surface area (Å²) >= 11 is 0. The van der Waals surface area contributed by atoms with Crippen LogP contribution in [0, 0.1) is 0 Å². The summed E-state index contributed by atoms with van der Waals surface area (Å²) in [7, 11) is 0. The van der Waals surface area contributed by atoms with Gasteiger partial charge in [0.2, 0.25) is 0 Å². The summed E-state index contributed by atoms with van der Waals surface area (Å²) in [6, 6.07) is 0. The molecule has 0 unspecified atom stereocenters. The van der Waals surface area contributed by atoms with E-state index in [1.54, 1.807) is 6.92 Å². The summed E-state index contributed by atoms with van der Waals surface area (Å²) < 4.78 is 31.6. The lowest BCUT2D eigenvalue weighted by atomic mass is 10.0. The van der Waals surface area contributed by atoms with Crippen LogP contribution in [0.2, 0.25) is 0 Å². The van der Waals surface area contributed by atoms with E-state index in [9.17, 15) is 13.6 Å². The molecule has 0 aromatic rings. The van der Waals surface area contributed by atoms with Crippen molar-refractivity contribution in [2.45, 2.75) is 116 Å². The van der Waals surface area contributed by atoms with Gasteiger partial charge in [-0.3, -0.25) is 4.79 Å². The van der Waals surface area contributed by atoms with Crippen LogP contribution in [0.15, 0.2) is 0 Å². The maximum Gasteiger partial charge on any atom is 0.311 e. The zero-order chi connectivity index (χ0) is 18.1. The lowest BCUT2D eigenvalue weighted by Crippen LogP contribution is -2.22. The lowest BCUT2D eigenvalue weighted by molar-refractivity contribution is -0.151. The highest BCUT2D eigenvalue weighted by Gasteiger charge is 2.32. The van der Waals surface area contributed by atoms with Gasteiger partial charge < -0.3 is 4.74 Å². The highest BCUT2D eigenvalue weighted by atomic mass is 19.3. The van der Waals surface area contributed by atoms with E-state index < -0.39 is 18.3 Å². The predicted molar refractivity (Wildman–Crippen MR) is 96.5 cm³/mol. The van der Waals surface area contributed by atoms with Gasteiger partial charge in [0.05, 0.1) is 6.61 Å². The summed E-state index contributed by atoms with van der Waals surface area (Å²) in [4.78, 5) is 11.1. The summed E-state index contributed by atoms with van der Waals surface area (Å²) in [5.41, 5.74) is 0. The van der Waals surface area contributed by atoms with Crippen LogP contribution < -0.4 is 0 Å². The molecule has 0 aromatic carbocycles. The van der Waals surface area contributed by atoms with Gasteiger partial charge in [-0.05, 0) is 13.3 Å². The number of esters is 1. The Kier molecular flexibility index (Phi) is 15.4.